The number of carbonyl (C=O) groups excluding carboxylic acids is 2. The van der Waals surface area contributed by atoms with E-state index >= 15 is 0 Å². The van der Waals surface area contributed by atoms with Gasteiger partial charge in [0.2, 0.25) is 5.91 Å². The summed E-state index contributed by atoms with van der Waals surface area (Å²) in [7, 11) is -2.91. The van der Waals surface area contributed by atoms with Crippen LogP contribution in [0.3, 0.4) is 0 Å². The summed E-state index contributed by atoms with van der Waals surface area (Å²) in [4.78, 5) is 28.3. The Kier molecular flexibility index (Phi) is 5.96. The maximum absolute atomic E-state index is 12.9. The van der Waals surface area contributed by atoms with Gasteiger partial charge in [-0.05, 0) is 18.1 Å². The Morgan fingerprint density at radius 2 is 1.78 bits per heavy atom. The molecule has 1 aromatic rings. The third kappa shape index (κ3) is 5.17. The molecule has 2 fully saturated rings. The summed E-state index contributed by atoms with van der Waals surface area (Å²) in [5.41, 5.74) is 1.09. The molecule has 0 aliphatic carbocycles. The lowest BCUT2D eigenvalue weighted by atomic mass is 10.1. The predicted molar refractivity (Wildman–Crippen MR) is 103 cm³/mol. The molecule has 0 saturated carbocycles. The number of rotatable bonds is 4. The van der Waals surface area contributed by atoms with E-state index in [-0.39, 0.29) is 35.1 Å². The summed E-state index contributed by atoms with van der Waals surface area (Å²) in [5, 5.41) is 2.64. The summed E-state index contributed by atoms with van der Waals surface area (Å²) in [6, 6.07) is 9.43. The molecule has 1 atom stereocenters. The Bertz CT molecular complexity index is 828. The molecule has 2 heterocycles. The van der Waals surface area contributed by atoms with Crippen molar-refractivity contribution in [3.8, 4) is 0 Å². The summed E-state index contributed by atoms with van der Waals surface area (Å²) in [6.07, 6.45) is 2.35. The summed E-state index contributed by atoms with van der Waals surface area (Å²) in [5.74, 6) is -0.0388. The molecule has 0 spiro atoms. The van der Waals surface area contributed by atoms with Crippen molar-refractivity contribution in [2.75, 3.05) is 37.7 Å². The Morgan fingerprint density at radius 3 is 2.33 bits per heavy atom. The van der Waals surface area contributed by atoms with Crippen molar-refractivity contribution in [3.05, 3.63) is 41.6 Å². The SMILES string of the molecule is CC(=O)N/C(=C\c1ccccc1)C(=O)N1CCN([C@@H]2CCS(=O)(=O)C2)CC1. The number of amides is 2. The standard InChI is InChI=1S/C19H25N3O4S/c1-15(23)20-18(13-16-5-3-2-4-6-16)19(24)22-10-8-21(9-11-22)17-7-12-27(25,26)14-17/h2-6,13,17H,7-12,14H2,1H3,(H,20,23)/b18-13-/t17-/m1/s1. The summed E-state index contributed by atoms with van der Waals surface area (Å²) in [6.45, 7) is 3.70. The van der Waals surface area contributed by atoms with Gasteiger partial charge in [0.25, 0.3) is 5.91 Å². The Morgan fingerprint density at radius 1 is 1.11 bits per heavy atom. The van der Waals surface area contributed by atoms with E-state index in [0.29, 0.717) is 32.6 Å². The van der Waals surface area contributed by atoms with E-state index in [1.807, 2.05) is 30.3 Å². The zero-order valence-corrected chi connectivity index (χ0v) is 16.2. The minimum atomic E-state index is -2.91. The molecule has 3 rings (SSSR count). The number of piperazine rings is 1. The molecule has 7 nitrogen and oxygen atoms in total. The fraction of sp³-hybridized carbons (Fsp3) is 0.474. The normalized spacial score (nSPS) is 23.2. The molecular weight excluding hydrogens is 366 g/mol. The van der Waals surface area contributed by atoms with Crippen LogP contribution in [0.1, 0.15) is 18.9 Å². The Balaban J connectivity index is 1.65. The van der Waals surface area contributed by atoms with Crippen molar-refractivity contribution >= 4 is 27.7 Å². The Labute approximate surface area is 159 Å². The molecule has 1 N–H and O–H groups in total. The lowest BCUT2D eigenvalue weighted by molar-refractivity contribution is -0.131. The summed E-state index contributed by atoms with van der Waals surface area (Å²) < 4.78 is 23.4. The largest absolute Gasteiger partial charge is 0.335 e. The van der Waals surface area contributed by atoms with E-state index in [4.69, 9.17) is 0 Å². The second-order valence-electron chi connectivity index (χ2n) is 7.03. The fourth-order valence-corrected chi connectivity index (χ4v) is 5.34. The maximum Gasteiger partial charge on any atom is 0.270 e. The first-order chi connectivity index (χ1) is 12.8. The van der Waals surface area contributed by atoms with Crippen LogP contribution in [-0.4, -0.2) is 73.8 Å². The van der Waals surface area contributed by atoms with Gasteiger partial charge in [-0.2, -0.15) is 0 Å². The maximum atomic E-state index is 12.9. The lowest BCUT2D eigenvalue weighted by Gasteiger charge is -2.37. The van der Waals surface area contributed by atoms with Crippen LogP contribution in [0.2, 0.25) is 0 Å². The topological polar surface area (TPSA) is 86.8 Å². The van der Waals surface area contributed by atoms with Crippen molar-refractivity contribution in [3.63, 3.8) is 0 Å². The monoisotopic (exact) mass is 391 g/mol. The van der Waals surface area contributed by atoms with Gasteiger partial charge in [-0.1, -0.05) is 30.3 Å². The highest BCUT2D eigenvalue weighted by atomic mass is 32.2. The van der Waals surface area contributed by atoms with Gasteiger partial charge >= 0.3 is 0 Å². The van der Waals surface area contributed by atoms with Crippen molar-refractivity contribution < 1.29 is 18.0 Å². The molecule has 0 unspecified atom stereocenters. The molecule has 27 heavy (non-hydrogen) atoms. The number of hydrogen-bond acceptors (Lipinski definition) is 5. The molecular formula is C19H25N3O4S. The number of carbonyl (C=O) groups is 2. The molecule has 2 saturated heterocycles. The predicted octanol–water partition coefficient (Wildman–Crippen LogP) is 0.495. The van der Waals surface area contributed by atoms with Gasteiger partial charge in [0.1, 0.15) is 5.70 Å². The first kappa shape index (κ1) is 19.6. The van der Waals surface area contributed by atoms with Crippen molar-refractivity contribution in [2.45, 2.75) is 19.4 Å². The number of nitrogens with zero attached hydrogens (tertiary/aromatic N) is 2. The molecule has 0 radical (unpaired) electrons. The Hall–Kier alpha value is -2.19. The minimum Gasteiger partial charge on any atom is -0.335 e. The zero-order valence-electron chi connectivity index (χ0n) is 15.4. The third-order valence-corrected chi connectivity index (χ3v) is 6.73. The van der Waals surface area contributed by atoms with E-state index < -0.39 is 9.84 Å². The third-order valence-electron chi connectivity index (χ3n) is 4.98. The van der Waals surface area contributed by atoms with Crippen LogP contribution in [0.5, 0.6) is 0 Å². The van der Waals surface area contributed by atoms with E-state index in [1.165, 1.54) is 6.92 Å². The van der Waals surface area contributed by atoms with Crippen LogP contribution < -0.4 is 5.32 Å². The van der Waals surface area contributed by atoms with E-state index in [0.717, 1.165) is 5.56 Å². The smallest absolute Gasteiger partial charge is 0.270 e. The fourth-order valence-electron chi connectivity index (χ4n) is 3.58. The van der Waals surface area contributed by atoms with Gasteiger partial charge in [-0.15, -0.1) is 0 Å². The average molecular weight is 391 g/mol. The molecule has 146 valence electrons. The first-order valence-electron chi connectivity index (χ1n) is 9.12. The number of benzene rings is 1. The number of nitrogens with one attached hydrogen (secondary N) is 1. The van der Waals surface area contributed by atoms with Crippen LogP contribution in [0.15, 0.2) is 36.0 Å². The van der Waals surface area contributed by atoms with Gasteiger partial charge < -0.3 is 10.2 Å². The van der Waals surface area contributed by atoms with Gasteiger partial charge in [-0.25, -0.2) is 8.42 Å². The van der Waals surface area contributed by atoms with Gasteiger partial charge in [0.15, 0.2) is 9.84 Å². The highest BCUT2D eigenvalue weighted by Crippen LogP contribution is 2.20. The van der Waals surface area contributed by atoms with Crippen LogP contribution in [0.25, 0.3) is 6.08 Å². The molecule has 1 aromatic carbocycles. The summed E-state index contributed by atoms with van der Waals surface area (Å²) >= 11 is 0. The van der Waals surface area contributed by atoms with Crippen molar-refractivity contribution in [1.82, 2.24) is 15.1 Å². The van der Waals surface area contributed by atoms with E-state index in [9.17, 15) is 18.0 Å². The number of hydrogen-bond donors (Lipinski definition) is 1. The first-order valence-corrected chi connectivity index (χ1v) is 10.9. The van der Waals surface area contributed by atoms with E-state index in [1.54, 1.807) is 11.0 Å². The second-order valence-corrected chi connectivity index (χ2v) is 9.26. The van der Waals surface area contributed by atoms with Crippen LogP contribution in [0, 0.1) is 0 Å². The average Bonchev–Trinajstić information content (AvgIpc) is 3.01. The van der Waals surface area contributed by atoms with Crippen LogP contribution in [-0.2, 0) is 19.4 Å². The molecule has 2 aliphatic heterocycles. The molecule has 8 heteroatoms. The lowest BCUT2D eigenvalue weighted by Crippen LogP contribution is -2.53. The second kappa shape index (κ2) is 8.22. The highest BCUT2D eigenvalue weighted by molar-refractivity contribution is 7.91. The quantitative estimate of drug-likeness (QED) is 0.755. The van der Waals surface area contributed by atoms with Gasteiger partial charge in [0.05, 0.1) is 11.5 Å². The molecule has 2 amide bonds. The van der Waals surface area contributed by atoms with Gasteiger partial charge in [-0.3, -0.25) is 14.5 Å². The molecule has 0 aromatic heterocycles. The van der Waals surface area contributed by atoms with E-state index in [2.05, 4.69) is 10.2 Å². The molecule has 2 aliphatic rings. The van der Waals surface area contributed by atoms with Crippen LogP contribution >= 0.6 is 0 Å². The highest BCUT2D eigenvalue weighted by Gasteiger charge is 2.34. The van der Waals surface area contributed by atoms with Crippen molar-refractivity contribution in [1.29, 1.82) is 0 Å². The van der Waals surface area contributed by atoms with Crippen molar-refractivity contribution in [2.24, 2.45) is 0 Å². The zero-order chi connectivity index (χ0) is 19.4. The number of sulfone groups is 1. The van der Waals surface area contributed by atoms with Gasteiger partial charge in [0, 0.05) is 39.1 Å². The van der Waals surface area contributed by atoms with Crippen LogP contribution in [0.4, 0.5) is 0 Å². The molecule has 0 bridgehead atoms. The minimum absolute atomic E-state index is 0.0573.